The van der Waals surface area contributed by atoms with Crippen LogP contribution in [0.1, 0.15) is 65.9 Å². The summed E-state index contributed by atoms with van der Waals surface area (Å²) in [6.45, 7) is 8.91. The van der Waals surface area contributed by atoms with Gasteiger partial charge in [-0.25, -0.2) is 0 Å². The molecule has 250 valence electrons. The molecule has 0 saturated heterocycles. The molecule has 0 saturated carbocycles. The molecule has 12 nitrogen and oxygen atoms in total. The minimum atomic E-state index is -0.888. The molecule has 0 bridgehead atoms. The third-order valence-corrected chi connectivity index (χ3v) is 8.06. The number of ketones is 2. The Labute approximate surface area is 271 Å². The molecule has 0 radical (unpaired) electrons. The molecule has 4 amide bonds. The van der Waals surface area contributed by atoms with E-state index in [2.05, 4.69) is 21.3 Å². The van der Waals surface area contributed by atoms with Gasteiger partial charge in [-0.1, -0.05) is 64.4 Å². The fraction of sp³-hybridized carbons (Fsp3) is 0.529. The molecular formula is C34H48N6O6. The fourth-order valence-corrected chi connectivity index (χ4v) is 5.60. The van der Waals surface area contributed by atoms with Gasteiger partial charge in [0, 0.05) is 57.0 Å². The highest BCUT2D eigenvalue weighted by Gasteiger charge is 2.34. The molecule has 4 atom stereocenters. The maximum atomic E-state index is 13.9. The second-order valence-electron chi connectivity index (χ2n) is 12.6. The van der Waals surface area contributed by atoms with Crippen molar-refractivity contribution < 1.29 is 28.8 Å². The van der Waals surface area contributed by atoms with Crippen LogP contribution in [0.3, 0.4) is 0 Å². The predicted molar refractivity (Wildman–Crippen MR) is 173 cm³/mol. The van der Waals surface area contributed by atoms with Crippen LogP contribution in [0.15, 0.2) is 54.1 Å². The van der Waals surface area contributed by atoms with Crippen LogP contribution < -0.4 is 21.3 Å². The molecule has 2 heterocycles. The van der Waals surface area contributed by atoms with Crippen LogP contribution in [0.4, 0.5) is 0 Å². The molecule has 3 rings (SSSR count). The van der Waals surface area contributed by atoms with Crippen LogP contribution in [-0.4, -0.2) is 83.3 Å². The van der Waals surface area contributed by atoms with Crippen molar-refractivity contribution in [3.05, 3.63) is 59.7 Å². The zero-order chi connectivity index (χ0) is 34.0. The summed E-state index contributed by atoms with van der Waals surface area (Å²) in [5, 5.41) is 11.7. The molecular weight excluding hydrogens is 588 g/mol. The first-order valence-electron chi connectivity index (χ1n) is 15.9. The number of carbonyl (C=O) groups excluding carboxylic acids is 6. The van der Waals surface area contributed by atoms with Gasteiger partial charge in [-0.3, -0.25) is 28.8 Å². The number of benzene rings is 1. The number of nitrogens with zero attached hydrogens (tertiary/aromatic N) is 2. The van der Waals surface area contributed by atoms with E-state index in [1.54, 1.807) is 13.2 Å². The largest absolute Gasteiger partial charge is 0.375 e. The Hall–Kier alpha value is -4.48. The van der Waals surface area contributed by atoms with E-state index < -0.39 is 24.0 Å². The lowest BCUT2D eigenvalue weighted by molar-refractivity contribution is -0.137. The van der Waals surface area contributed by atoms with Crippen LogP contribution in [0.2, 0.25) is 0 Å². The van der Waals surface area contributed by atoms with Gasteiger partial charge in [0.25, 0.3) is 0 Å². The van der Waals surface area contributed by atoms with E-state index >= 15 is 0 Å². The monoisotopic (exact) mass is 636 g/mol. The number of hydrogen-bond acceptors (Lipinski definition) is 8. The first-order valence-corrected chi connectivity index (χ1v) is 15.9. The van der Waals surface area contributed by atoms with Crippen molar-refractivity contribution in [2.45, 2.75) is 84.8 Å². The molecule has 46 heavy (non-hydrogen) atoms. The number of carbonyl (C=O) groups is 6. The number of amides is 4. The maximum absolute atomic E-state index is 13.9. The Balaban J connectivity index is 1.84. The summed E-state index contributed by atoms with van der Waals surface area (Å²) >= 11 is 0. The van der Waals surface area contributed by atoms with E-state index in [0.29, 0.717) is 17.8 Å². The normalized spacial score (nSPS) is 17.7. The summed E-state index contributed by atoms with van der Waals surface area (Å²) in [7, 11) is 1.56. The molecule has 2 aliphatic rings. The number of allylic oxidation sites excluding steroid dienone is 2. The van der Waals surface area contributed by atoms with Crippen molar-refractivity contribution in [1.29, 1.82) is 0 Å². The van der Waals surface area contributed by atoms with Crippen molar-refractivity contribution in [2.24, 2.45) is 11.8 Å². The molecule has 2 aliphatic heterocycles. The Morgan fingerprint density at radius 3 is 1.87 bits per heavy atom. The van der Waals surface area contributed by atoms with Gasteiger partial charge in [0.05, 0.1) is 13.1 Å². The smallest absolute Gasteiger partial charge is 0.249 e. The number of rotatable bonds is 14. The van der Waals surface area contributed by atoms with Crippen molar-refractivity contribution in [3.8, 4) is 0 Å². The number of hydrogen-bond donors (Lipinski definition) is 4. The van der Waals surface area contributed by atoms with E-state index in [-0.39, 0.29) is 73.5 Å². The van der Waals surface area contributed by atoms with Gasteiger partial charge in [0.15, 0.2) is 11.6 Å². The maximum Gasteiger partial charge on any atom is 0.249 e. The standard InChI is InChI=1S/C34H48N6O6/c1-7-22(4)31(32(44)35-6)38-26-16-28(43)20-40(18-26)33(45)29(13-21(2)3)37-25-15-27(42)19-39(17-25)34(46)30(36-23(5)41)14-24-11-9-8-10-12-24/h8-12,17-18,21-22,29-31,37-38H,7,13-16,19-20H2,1-6H3,(H,35,44)(H,36,41)/t22?,29-,30-,31-/m0/s1. The van der Waals surface area contributed by atoms with Crippen LogP contribution >= 0.6 is 0 Å². The second kappa shape index (κ2) is 16.7. The molecule has 0 fully saturated rings. The van der Waals surface area contributed by atoms with Crippen molar-refractivity contribution in [1.82, 2.24) is 31.1 Å². The number of Topliss-reactive ketones (excluding diaryl/α,β-unsaturated/α-hetero) is 2. The Kier molecular flexibility index (Phi) is 13.1. The van der Waals surface area contributed by atoms with Crippen LogP contribution in [-0.2, 0) is 35.2 Å². The fourth-order valence-electron chi connectivity index (χ4n) is 5.60. The van der Waals surface area contributed by atoms with Crippen molar-refractivity contribution >= 4 is 35.2 Å². The van der Waals surface area contributed by atoms with E-state index in [4.69, 9.17) is 0 Å². The summed E-state index contributed by atoms with van der Waals surface area (Å²) in [5.74, 6) is -1.71. The third-order valence-electron chi connectivity index (χ3n) is 8.06. The Bertz CT molecular complexity index is 1360. The molecule has 0 aliphatic carbocycles. The van der Waals surface area contributed by atoms with Gasteiger partial charge in [-0.05, 0) is 23.8 Å². The van der Waals surface area contributed by atoms with E-state index in [9.17, 15) is 28.8 Å². The lowest BCUT2D eigenvalue weighted by Crippen LogP contribution is -2.52. The zero-order valence-corrected chi connectivity index (χ0v) is 27.7. The minimum Gasteiger partial charge on any atom is -0.375 e. The summed E-state index contributed by atoms with van der Waals surface area (Å²) < 4.78 is 0. The first kappa shape index (κ1) is 36.0. The second-order valence-corrected chi connectivity index (χ2v) is 12.6. The van der Waals surface area contributed by atoms with Gasteiger partial charge in [-0.2, -0.15) is 0 Å². The topological polar surface area (TPSA) is 157 Å². The summed E-state index contributed by atoms with van der Waals surface area (Å²) in [5.41, 5.74) is 1.73. The van der Waals surface area contributed by atoms with E-state index in [0.717, 1.165) is 12.0 Å². The highest BCUT2D eigenvalue weighted by molar-refractivity contribution is 5.94. The minimum absolute atomic E-state index is 0.000561. The Morgan fingerprint density at radius 1 is 0.826 bits per heavy atom. The SMILES string of the molecule is CCC(C)[C@H](NC1=CN(C(=O)[C@H](CC(C)C)NC2=CN(C(=O)[C@H](Cc3ccccc3)NC(C)=O)CC(=O)C2)CC(=O)C1)C(=O)NC. The Morgan fingerprint density at radius 2 is 1.37 bits per heavy atom. The van der Waals surface area contributed by atoms with E-state index in [1.165, 1.54) is 22.9 Å². The lowest BCUT2D eigenvalue weighted by atomic mass is 9.97. The van der Waals surface area contributed by atoms with Crippen LogP contribution in [0.5, 0.6) is 0 Å². The lowest BCUT2D eigenvalue weighted by Gasteiger charge is -2.33. The van der Waals surface area contributed by atoms with Gasteiger partial charge in [0.1, 0.15) is 18.1 Å². The average molecular weight is 637 g/mol. The predicted octanol–water partition coefficient (Wildman–Crippen LogP) is 1.77. The number of nitrogens with one attached hydrogen (secondary N) is 4. The van der Waals surface area contributed by atoms with Gasteiger partial charge in [0.2, 0.25) is 23.6 Å². The molecule has 4 N–H and O–H groups in total. The number of likely N-dealkylation sites (N-methyl/N-ethyl adjacent to an activating group) is 1. The van der Waals surface area contributed by atoms with E-state index in [1.807, 2.05) is 58.0 Å². The molecule has 0 spiro atoms. The van der Waals surface area contributed by atoms with Crippen molar-refractivity contribution in [3.63, 3.8) is 0 Å². The van der Waals surface area contributed by atoms with Gasteiger partial charge >= 0.3 is 0 Å². The van der Waals surface area contributed by atoms with Crippen LogP contribution in [0, 0.1) is 11.8 Å². The molecule has 12 heteroatoms. The molecule has 0 aromatic heterocycles. The van der Waals surface area contributed by atoms with Crippen LogP contribution in [0.25, 0.3) is 0 Å². The molecule has 1 aromatic rings. The van der Waals surface area contributed by atoms with Gasteiger partial charge < -0.3 is 31.1 Å². The third kappa shape index (κ3) is 10.3. The molecule has 1 aromatic carbocycles. The highest BCUT2D eigenvalue weighted by atomic mass is 16.2. The first-order chi connectivity index (χ1) is 21.8. The quantitative estimate of drug-likeness (QED) is 0.241. The summed E-state index contributed by atoms with van der Waals surface area (Å²) in [6.07, 6.45) is 4.59. The summed E-state index contributed by atoms with van der Waals surface area (Å²) in [6, 6.07) is 7.02. The zero-order valence-electron chi connectivity index (χ0n) is 27.7. The van der Waals surface area contributed by atoms with Crippen molar-refractivity contribution in [2.75, 3.05) is 20.1 Å². The molecule has 1 unspecified atom stereocenters. The summed E-state index contributed by atoms with van der Waals surface area (Å²) in [4.78, 5) is 80.3. The highest BCUT2D eigenvalue weighted by Crippen LogP contribution is 2.20. The average Bonchev–Trinajstić information content (AvgIpc) is 3.01. The van der Waals surface area contributed by atoms with Gasteiger partial charge in [-0.15, -0.1) is 0 Å².